The van der Waals surface area contributed by atoms with E-state index in [2.05, 4.69) is 20.3 Å². The Bertz CT molecular complexity index is 823. The summed E-state index contributed by atoms with van der Waals surface area (Å²) in [5.74, 6) is -1.04. The molecule has 2 aromatic rings. The third-order valence-electron chi connectivity index (χ3n) is 4.79. The highest BCUT2D eigenvalue weighted by Crippen LogP contribution is 2.47. The second kappa shape index (κ2) is 5.89. The molecule has 0 aromatic carbocycles. The molecule has 4 atom stereocenters. The first-order chi connectivity index (χ1) is 11.9. The number of amides is 1. The molecule has 9 heteroatoms. The standard InChI is InChI=1S/C16H20ClN5O3/c1-4-18-15(23)8-5-9(12-11(8)24-16(2,3)25-12)22-7-21-10-13(17)19-6-20-14(10)22/h6-9,11-12H,4-5H2,1-3H3,(H,18,23)/t8-,9+,11+,12-/m0/s1. The van der Waals surface area contributed by atoms with Gasteiger partial charge in [-0.3, -0.25) is 4.79 Å². The van der Waals surface area contributed by atoms with E-state index in [0.717, 1.165) is 0 Å². The Morgan fingerprint density at radius 1 is 1.36 bits per heavy atom. The molecule has 1 saturated heterocycles. The van der Waals surface area contributed by atoms with E-state index in [0.29, 0.717) is 29.3 Å². The molecule has 1 amide bonds. The number of hydrogen-bond acceptors (Lipinski definition) is 6. The Labute approximate surface area is 149 Å². The van der Waals surface area contributed by atoms with Gasteiger partial charge in [-0.15, -0.1) is 0 Å². The maximum atomic E-state index is 12.5. The summed E-state index contributed by atoms with van der Waals surface area (Å²) in [6, 6.07) is -0.115. The van der Waals surface area contributed by atoms with Crippen molar-refractivity contribution in [1.82, 2.24) is 24.8 Å². The van der Waals surface area contributed by atoms with E-state index >= 15 is 0 Å². The summed E-state index contributed by atoms with van der Waals surface area (Å²) in [4.78, 5) is 25.1. The highest BCUT2D eigenvalue weighted by atomic mass is 35.5. The number of hydrogen-bond donors (Lipinski definition) is 1. The van der Waals surface area contributed by atoms with Crippen molar-refractivity contribution in [2.75, 3.05) is 6.54 Å². The van der Waals surface area contributed by atoms with Crippen molar-refractivity contribution in [3.63, 3.8) is 0 Å². The Hall–Kier alpha value is -1.77. The van der Waals surface area contributed by atoms with Gasteiger partial charge in [-0.1, -0.05) is 11.6 Å². The molecule has 3 heterocycles. The fourth-order valence-electron chi connectivity index (χ4n) is 3.85. The van der Waals surface area contributed by atoms with Crippen LogP contribution in [0.4, 0.5) is 0 Å². The summed E-state index contributed by atoms with van der Waals surface area (Å²) in [6.07, 6.45) is 3.12. The summed E-state index contributed by atoms with van der Waals surface area (Å²) < 4.78 is 14.1. The van der Waals surface area contributed by atoms with Crippen molar-refractivity contribution in [3.8, 4) is 0 Å². The lowest BCUT2D eigenvalue weighted by Gasteiger charge is -2.24. The fraction of sp³-hybridized carbons (Fsp3) is 0.625. The Balaban J connectivity index is 1.73. The van der Waals surface area contributed by atoms with Gasteiger partial charge in [0.25, 0.3) is 0 Å². The van der Waals surface area contributed by atoms with Crippen molar-refractivity contribution >= 4 is 28.7 Å². The van der Waals surface area contributed by atoms with E-state index in [4.69, 9.17) is 21.1 Å². The average molecular weight is 366 g/mol. The van der Waals surface area contributed by atoms with Crippen molar-refractivity contribution in [1.29, 1.82) is 0 Å². The predicted molar refractivity (Wildman–Crippen MR) is 90.0 cm³/mol. The van der Waals surface area contributed by atoms with Gasteiger partial charge in [-0.2, -0.15) is 0 Å². The number of nitrogens with one attached hydrogen (secondary N) is 1. The molecule has 0 radical (unpaired) electrons. The number of ether oxygens (including phenoxy) is 2. The number of halogens is 1. The first kappa shape index (κ1) is 16.7. The first-order valence-corrected chi connectivity index (χ1v) is 8.75. The Kier molecular flexibility index (Phi) is 3.93. The largest absolute Gasteiger partial charge is 0.356 e. The number of fused-ring (bicyclic) bond motifs is 2. The highest BCUT2D eigenvalue weighted by molar-refractivity contribution is 6.33. The van der Waals surface area contributed by atoms with E-state index in [1.54, 1.807) is 6.33 Å². The minimum atomic E-state index is -0.734. The van der Waals surface area contributed by atoms with Crippen LogP contribution in [0.1, 0.15) is 33.2 Å². The average Bonchev–Trinajstić information content (AvgIpc) is 3.18. The molecule has 1 N–H and O–H groups in total. The van der Waals surface area contributed by atoms with Gasteiger partial charge in [0.05, 0.1) is 18.3 Å². The minimum absolute atomic E-state index is 0.0154. The molecule has 0 unspecified atom stereocenters. The molecular weight excluding hydrogens is 346 g/mol. The molecule has 2 fully saturated rings. The monoisotopic (exact) mass is 365 g/mol. The number of carbonyl (C=O) groups is 1. The summed E-state index contributed by atoms with van der Waals surface area (Å²) >= 11 is 6.11. The van der Waals surface area contributed by atoms with Gasteiger partial charge < -0.3 is 19.4 Å². The third kappa shape index (κ3) is 2.68. The van der Waals surface area contributed by atoms with Crippen LogP contribution in [-0.2, 0) is 14.3 Å². The summed E-state index contributed by atoms with van der Waals surface area (Å²) in [5.41, 5.74) is 1.17. The number of aromatic nitrogens is 4. The lowest BCUT2D eigenvalue weighted by molar-refractivity contribution is -0.163. The van der Waals surface area contributed by atoms with Crippen LogP contribution >= 0.6 is 11.6 Å². The van der Waals surface area contributed by atoms with Gasteiger partial charge in [0.15, 0.2) is 16.6 Å². The quantitative estimate of drug-likeness (QED) is 0.832. The Morgan fingerprint density at radius 3 is 2.88 bits per heavy atom. The highest BCUT2D eigenvalue weighted by Gasteiger charge is 2.56. The molecule has 1 aliphatic carbocycles. The topological polar surface area (TPSA) is 91.2 Å². The van der Waals surface area contributed by atoms with Crippen molar-refractivity contribution in [2.45, 2.75) is 51.2 Å². The molecule has 4 rings (SSSR count). The fourth-order valence-corrected chi connectivity index (χ4v) is 4.03. The third-order valence-corrected chi connectivity index (χ3v) is 5.07. The van der Waals surface area contributed by atoms with Gasteiger partial charge in [-0.25, -0.2) is 15.0 Å². The van der Waals surface area contributed by atoms with Crippen molar-refractivity contribution < 1.29 is 14.3 Å². The van der Waals surface area contributed by atoms with E-state index in [9.17, 15) is 4.79 Å². The number of rotatable bonds is 3. The molecule has 1 saturated carbocycles. The molecule has 8 nitrogen and oxygen atoms in total. The van der Waals surface area contributed by atoms with Crippen LogP contribution in [0, 0.1) is 5.92 Å². The van der Waals surface area contributed by atoms with Gasteiger partial charge in [-0.05, 0) is 27.2 Å². The zero-order chi connectivity index (χ0) is 17.8. The zero-order valence-corrected chi connectivity index (χ0v) is 15.0. The first-order valence-electron chi connectivity index (χ1n) is 8.37. The van der Waals surface area contributed by atoms with Crippen molar-refractivity contribution in [2.24, 2.45) is 5.92 Å². The molecule has 0 spiro atoms. The number of nitrogens with zero attached hydrogens (tertiary/aromatic N) is 4. The summed E-state index contributed by atoms with van der Waals surface area (Å²) in [5, 5.41) is 3.20. The SMILES string of the molecule is CCNC(=O)[C@H]1C[C@@H](n2cnc3c(Cl)ncnc32)[C@@H]2OC(C)(C)O[C@@H]21. The van der Waals surface area contributed by atoms with Gasteiger partial charge in [0.2, 0.25) is 5.91 Å². The Morgan fingerprint density at radius 2 is 2.12 bits per heavy atom. The normalized spacial score (nSPS) is 30.6. The second-order valence-corrected chi connectivity index (χ2v) is 7.22. The van der Waals surface area contributed by atoms with Crippen LogP contribution in [0.25, 0.3) is 11.2 Å². The smallest absolute Gasteiger partial charge is 0.225 e. The molecule has 2 aromatic heterocycles. The van der Waals surface area contributed by atoms with Crippen LogP contribution in [0.2, 0.25) is 5.15 Å². The van der Waals surface area contributed by atoms with Gasteiger partial charge in [0.1, 0.15) is 24.1 Å². The van der Waals surface area contributed by atoms with Crippen LogP contribution in [0.15, 0.2) is 12.7 Å². The van der Waals surface area contributed by atoms with Gasteiger partial charge >= 0.3 is 0 Å². The van der Waals surface area contributed by atoms with Gasteiger partial charge in [0, 0.05) is 6.54 Å². The molecule has 134 valence electrons. The van der Waals surface area contributed by atoms with E-state index in [1.807, 2.05) is 25.3 Å². The molecular formula is C16H20ClN5O3. The predicted octanol–water partition coefficient (Wildman–Crippen LogP) is 1.70. The lowest BCUT2D eigenvalue weighted by Crippen LogP contribution is -2.37. The maximum Gasteiger partial charge on any atom is 0.225 e. The molecule has 0 bridgehead atoms. The molecule has 25 heavy (non-hydrogen) atoms. The number of imidazole rings is 1. The lowest BCUT2D eigenvalue weighted by atomic mass is 10.0. The minimum Gasteiger partial charge on any atom is -0.356 e. The van der Waals surface area contributed by atoms with Crippen LogP contribution in [-0.4, -0.2) is 50.0 Å². The summed E-state index contributed by atoms with van der Waals surface area (Å²) in [6.45, 7) is 6.21. The second-order valence-electron chi connectivity index (χ2n) is 6.86. The number of carbonyl (C=O) groups excluding carboxylic acids is 1. The maximum absolute atomic E-state index is 12.5. The molecule has 1 aliphatic heterocycles. The van der Waals surface area contributed by atoms with Crippen LogP contribution in [0.5, 0.6) is 0 Å². The summed E-state index contributed by atoms with van der Waals surface area (Å²) in [7, 11) is 0. The van der Waals surface area contributed by atoms with E-state index in [1.165, 1.54) is 6.33 Å². The van der Waals surface area contributed by atoms with E-state index < -0.39 is 5.79 Å². The molecule has 2 aliphatic rings. The van der Waals surface area contributed by atoms with Crippen LogP contribution < -0.4 is 5.32 Å². The van der Waals surface area contributed by atoms with Crippen LogP contribution in [0.3, 0.4) is 0 Å². The zero-order valence-electron chi connectivity index (χ0n) is 14.3. The van der Waals surface area contributed by atoms with E-state index in [-0.39, 0.29) is 30.1 Å². The van der Waals surface area contributed by atoms with Crippen molar-refractivity contribution in [3.05, 3.63) is 17.8 Å².